The van der Waals surface area contributed by atoms with Gasteiger partial charge in [-0.3, -0.25) is 14.2 Å². The van der Waals surface area contributed by atoms with Crippen molar-refractivity contribution in [3.8, 4) is 0 Å². The molecule has 140 valence electrons. The number of hydrogen-bond donors (Lipinski definition) is 2. The van der Waals surface area contributed by atoms with Crippen LogP contribution in [0, 0.1) is 11.8 Å². The highest BCUT2D eigenvalue weighted by Gasteiger charge is 2.29. The minimum atomic E-state index is -1.10. The lowest BCUT2D eigenvalue weighted by Gasteiger charge is -2.24. The van der Waals surface area contributed by atoms with E-state index >= 15 is 0 Å². The molecule has 0 fully saturated rings. The molecule has 0 bridgehead atoms. The van der Waals surface area contributed by atoms with Crippen LogP contribution in [0.2, 0.25) is 0 Å². The van der Waals surface area contributed by atoms with Crippen LogP contribution in [0.15, 0.2) is 35.4 Å². The lowest BCUT2D eigenvalue weighted by Crippen LogP contribution is -2.48. The van der Waals surface area contributed by atoms with Gasteiger partial charge in [0.2, 0.25) is 5.91 Å². The van der Waals surface area contributed by atoms with Crippen LogP contribution in [0.5, 0.6) is 0 Å². The van der Waals surface area contributed by atoms with Crippen molar-refractivity contribution in [2.75, 3.05) is 0 Å². The van der Waals surface area contributed by atoms with E-state index in [9.17, 15) is 19.5 Å². The second-order valence-electron chi connectivity index (χ2n) is 7.19. The summed E-state index contributed by atoms with van der Waals surface area (Å²) in [6, 6.07) is 5.10. The first-order valence-corrected chi connectivity index (χ1v) is 8.71. The molecule has 1 aromatic heterocycles. The highest BCUT2D eigenvalue weighted by molar-refractivity contribution is 5.86. The molecular formula is C19H25N3O4. The van der Waals surface area contributed by atoms with Gasteiger partial charge in [0.1, 0.15) is 12.1 Å². The largest absolute Gasteiger partial charge is 0.480 e. The minimum Gasteiger partial charge on any atom is -0.480 e. The third-order valence-electron chi connectivity index (χ3n) is 4.25. The van der Waals surface area contributed by atoms with Crippen molar-refractivity contribution in [1.29, 1.82) is 0 Å². The Bertz CT molecular complexity index is 857. The van der Waals surface area contributed by atoms with Crippen molar-refractivity contribution >= 4 is 22.8 Å². The zero-order chi connectivity index (χ0) is 19.4. The van der Waals surface area contributed by atoms with Crippen molar-refractivity contribution in [3.63, 3.8) is 0 Å². The number of benzene rings is 1. The standard InChI is InChI=1S/C19H25N3O4/c1-11(2)9-15(17(23)21-16(12(3)4)19(25)26)22-10-20-14-8-6-5-7-13(14)18(22)24/h5-8,10-12,15-16H,9H2,1-4H3,(H,21,23)(H,25,26). The molecule has 0 saturated heterocycles. The van der Waals surface area contributed by atoms with Crippen LogP contribution in [-0.4, -0.2) is 32.6 Å². The van der Waals surface area contributed by atoms with Crippen molar-refractivity contribution in [2.24, 2.45) is 11.8 Å². The number of nitrogens with zero attached hydrogens (tertiary/aromatic N) is 2. The van der Waals surface area contributed by atoms with Gasteiger partial charge in [0, 0.05) is 0 Å². The minimum absolute atomic E-state index is 0.131. The lowest BCUT2D eigenvalue weighted by atomic mass is 10.00. The Labute approximate surface area is 152 Å². The molecule has 1 heterocycles. The molecule has 0 aliphatic rings. The van der Waals surface area contributed by atoms with Gasteiger partial charge in [-0.1, -0.05) is 39.8 Å². The molecule has 2 atom stereocenters. The summed E-state index contributed by atoms with van der Waals surface area (Å²) in [7, 11) is 0. The number of carboxylic acid groups (broad SMARTS) is 1. The highest BCUT2D eigenvalue weighted by Crippen LogP contribution is 2.18. The third kappa shape index (κ3) is 4.28. The van der Waals surface area contributed by atoms with E-state index in [0.717, 1.165) is 0 Å². The Morgan fingerprint density at radius 2 is 1.85 bits per heavy atom. The van der Waals surface area contributed by atoms with Crippen LogP contribution in [-0.2, 0) is 9.59 Å². The fourth-order valence-electron chi connectivity index (χ4n) is 2.86. The number of hydrogen-bond acceptors (Lipinski definition) is 4. The van der Waals surface area contributed by atoms with E-state index in [1.165, 1.54) is 10.9 Å². The number of fused-ring (bicyclic) bond motifs is 1. The predicted octanol–water partition coefficient (Wildman–Crippen LogP) is 2.21. The molecular weight excluding hydrogens is 334 g/mol. The molecule has 2 aromatic rings. The second kappa shape index (κ2) is 8.12. The molecule has 2 N–H and O–H groups in total. The average molecular weight is 359 g/mol. The first-order valence-electron chi connectivity index (χ1n) is 8.71. The molecule has 1 amide bonds. The van der Waals surface area contributed by atoms with Gasteiger partial charge in [-0.05, 0) is 30.4 Å². The van der Waals surface area contributed by atoms with Crippen LogP contribution in [0.4, 0.5) is 0 Å². The van der Waals surface area contributed by atoms with E-state index in [2.05, 4.69) is 10.3 Å². The quantitative estimate of drug-likeness (QED) is 0.789. The average Bonchev–Trinajstić information content (AvgIpc) is 2.57. The molecule has 0 radical (unpaired) electrons. The molecule has 0 aliphatic heterocycles. The van der Waals surface area contributed by atoms with Crippen molar-refractivity contribution < 1.29 is 14.7 Å². The normalized spacial score (nSPS) is 13.8. The topological polar surface area (TPSA) is 101 Å². The molecule has 7 nitrogen and oxygen atoms in total. The number of carboxylic acids is 1. The summed E-state index contributed by atoms with van der Waals surface area (Å²) in [6.07, 6.45) is 1.76. The number of nitrogens with one attached hydrogen (secondary N) is 1. The smallest absolute Gasteiger partial charge is 0.326 e. The number of carbonyl (C=O) groups excluding carboxylic acids is 1. The van der Waals surface area contributed by atoms with Crippen LogP contribution in [0.1, 0.15) is 40.2 Å². The van der Waals surface area contributed by atoms with E-state index in [1.54, 1.807) is 38.1 Å². The van der Waals surface area contributed by atoms with Gasteiger partial charge < -0.3 is 10.4 Å². The van der Waals surface area contributed by atoms with Gasteiger partial charge in [-0.15, -0.1) is 0 Å². The maximum atomic E-state index is 12.8. The molecule has 0 spiro atoms. The number of rotatable bonds is 7. The fraction of sp³-hybridized carbons (Fsp3) is 0.474. The van der Waals surface area contributed by atoms with E-state index in [4.69, 9.17) is 0 Å². The summed E-state index contributed by atoms with van der Waals surface area (Å²) in [5.74, 6) is -1.73. The van der Waals surface area contributed by atoms with Crippen molar-refractivity contribution in [1.82, 2.24) is 14.9 Å². The van der Waals surface area contributed by atoms with Crippen LogP contribution in [0.25, 0.3) is 10.9 Å². The van der Waals surface area contributed by atoms with Crippen LogP contribution < -0.4 is 10.9 Å². The van der Waals surface area contributed by atoms with Gasteiger partial charge >= 0.3 is 5.97 Å². The fourth-order valence-corrected chi connectivity index (χ4v) is 2.86. The molecule has 7 heteroatoms. The van der Waals surface area contributed by atoms with Gasteiger partial charge in [0.15, 0.2) is 0 Å². The second-order valence-corrected chi connectivity index (χ2v) is 7.19. The summed E-state index contributed by atoms with van der Waals surface area (Å²) in [5, 5.41) is 12.3. The number of aromatic nitrogens is 2. The Morgan fingerprint density at radius 1 is 1.19 bits per heavy atom. The predicted molar refractivity (Wildman–Crippen MR) is 98.9 cm³/mol. The number of aliphatic carboxylic acids is 1. The van der Waals surface area contributed by atoms with Gasteiger partial charge in [-0.2, -0.15) is 0 Å². The molecule has 26 heavy (non-hydrogen) atoms. The van der Waals surface area contributed by atoms with Crippen molar-refractivity contribution in [2.45, 2.75) is 46.2 Å². The van der Waals surface area contributed by atoms with E-state index in [1.807, 2.05) is 13.8 Å². The van der Waals surface area contributed by atoms with Gasteiger partial charge in [0.25, 0.3) is 5.56 Å². The maximum absolute atomic E-state index is 12.8. The zero-order valence-corrected chi connectivity index (χ0v) is 15.5. The van der Waals surface area contributed by atoms with E-state index in [-0.39, 0.29) is 17.4 Å². The molecule has 1 aromatic carbocycles. The molecule has 2 unspecified atom stereocenters. The zero-order valence-electron chi connectivity index (χ0n) is 15.5. The molecule has 2 rings (SSSR count). The van der Waals surface area contributed by atoms with Gasteiger partial charge in [-0.25, -0.2) is 9.78 Å². The van der Waals surface area contributed by atoms with Gasteiger partial charge in [0.05, 0.1) is 17.2 Å². The number of carbonyl (C=O) groups is 2. The maximum Gasteiger partial charge on any atom is 0.326 e. The van der Waals surface area contributed by atoms with Crippen molar-refractivity contribution in [3.05, 3.63) is 40.9 Å². The number of amides is 1. The van der Waals surface area contributed by atoms with E-state index < -0.39 is 24.0 Å². The Balaban J connectivity index is 2.44. The Morgan fingerprint density at radius 3 is 2.42 bits per heavy atom. The van der Waals surface area contributed by atoms with Crippen LogP contribution in [0.3, 0.4) is 0 Å². The monoisotopic (exact) mass is 359 g/mol. The lowest BCUT2D eigenvalue weighted by molar-refractivity contribution is -0.143. The summed E-state index contributed by atoms with van der Waals surface area (Å²) in [6.45, 7) is 7.33. The Kier molecular flexibility index (Phi) is 6.13. The summed E-state index contributed by atoms with van der Waals surface area (Å²) in [4.78, 5) is 41.3. The summed E-state index contributed by atoms with van der Waals surface area (Å²) < 4.78 is 1.30. The Hall–Kier alpha value is -2.70. The summed E-state index contributed by atoms with van der Waals surface area (Å²) >= 11 is 0. The van der Waals surface area contributed by atoms with Crippen LogP contribution >= 0.6 is 0 Å². The molecule has 0 aliphatic carbocycles. The first-order chi connectivity index (χ1) is 12.2. The molecule has 0 saturated carbocycles. The SMILES string of the molecule is CC(C)CC(C(=O)NC(C(=O)O)C(C)C)n1cnc2ccccc2c1=O. The summed E-state index contributed by atoms with van der Waals surface area (Å²) in [5.41, 5.74) is 0.246. The first kappa shape index (κ1) is 19.6. The highest BCUT2D eigenvalue weighted by atomic mass is 16.4. The van der Waals surface area contributed by atoms with E-state index in [0.29, 0.717) is 17.3 Å². The number of para-hydroxylation sites is 1. The third-order valence-corrected chi connectivity index (χ3v) is 4.25.